The number of hydrogen-bond acceptors (Lipinski definition) is 3. The summed E-state index contributed by atoms with van der Waals surface area (Å²) in [6.07, 6.45) is 4.48. The van der Waals surface area contributed by atoms with Crippen LogP contribution in [0.25, 0.3) is 0 Å². The zero-order valence-corrected chi connectivity index (χ0v) is 8.80. The molecular weight excluding hydrogens is 168 g/mol. The first kappa shape index (κ1) is 11.3. The van der Waals surface area contributed by atoms with Crippen molar-refractivity contribution in [1.82, 2.24) is 4.31 Å². The van der Waals surface area contributed by atoms with E-state index in [1.807, 2.05) is 20.0 Å². The van der Waals surface area contributed by atoms with Crippen molar-refractivity contribution in [1.29, 1.82) is 0 Å². The highest BCUT2D eigenvalue weighted by atomic mass is 32.1. The van der Waals surface area contributed by atoms with Crippen LogP contribution >= 0.6 is 12.8 Å². The van der Waals surface area contributed by atoms with Crippen molar-refractivity contribution in [2.75, 3.05) is 7.05 Å². The van der Waals surface area contributed by atoms with E-state index < -0.39 is 0 Å². The number of hydrogen-bond donors (Lipinski definition) is 1. The molecule has 0 aromatic heterocycles. The van der Waals surface area contributed by atoms with Crippen molar-refractivity contribution >= 4 is 19.0 Å². The van der Waals surface area contributed by atoms with E-state index in [-0.39, 0.29) is 0 Å². The number of thiol groups is 1. The molecule has 12 heavy (non-hydrogen) atoms. The van der Waals surface area contributed by atoms with Gasteiger partial charge in [-0.15, -0.1) is 0 Å². The van der Waals surface area contributed by atoms with Gasteiger partial charge >= 0.3 is 0 Å². The largest absolute Gasteiger partial charge is 0.306 e. The van der Waals surface area contributed by atoms with Crippen molar-refractivity contribution in [3.8, 4) is 0 Å². The number of aliphatic imine (C=N–C) groups is 1. The zero-order valence-electron chi connectivity index (χ0n) is 7.91. The molecule has 0 heterocycles. The lowest BCUT2D eigenvalue weighted by atomic mass is 10.2. The molecule has 2 nitrogen and oxygen atoms in total. The van der Waals surface area contributed by atoms with Gasteiger partial charge in [0.25, 0.3) is 0 Å². The van der Waals surface area contributed by atoms with Gasteiger partial charge in [-0.05, 0) is 18.9 Å². The molecule has 0 radical (unpaired) electrons. The van der Waals surface area contributed by atoms with Crippen molar-refractivity contribution in [3.05, 3.63) is 24.0 Å². The fourth-order valence-electron chi connectivity index (χ4n) is 0.890. The lowest BCUT2D eigenvalue weighted by Gasteiger charge is -2.13. The second-order valence-corrected chi connectivity index (χ2v) is 2.92. The van der Waals surface area contributed by atoms with Gasteiger partial charge in [0, 0.05) is 13.3 Å². The molecule has 0 aliphatic rings. The predicted octanol–water partition coefficient (Wildman–Crippen LogP) is 2.66. The van der Waals surface area contributed by atoms with Crippen LogP contribution < -0.4 is 0 Å². The van der Waals surface area contributed by atoms with Gasteiger partial charge in [0.15, 0.2) is 0 Å². The minimum Gasteiger partial charge on any atom is -0.306 e. The van der Waals surface area contributed by atoms with Gasteiger partial charge in [0.1, 0.15) is 5.82 Å². The van der Waals surface area contributed by atoms with Crippen LogP contribution in [-0.4, -0.2) is 17.6 Å². The van der Waals surface area contributed by atoms with Crippen LogP contribution in [0, 0.1) is 0 Å². The number of rotatable bonds is 4. The normalized spacial score (nSPS) is 13.0. The topological polar surface area (TPSA) is 15.6 Å². The van der Waals surface area contributed by atoms with Crippen molar-refractivity contribution in [2.45, 2.75) is 20.3 Å². The molecule has 0 atom stereocenters. The molecule has 0 aliphatic heterocycles. The van der Waals surface area contributed by atoms with E-state index in [4.69, 9.17) is 0 Å². The second-order valence-electron chi connectivity index (χ2n) is 2.32. The van der Waals surface area contributed by atoms with Crippen molar-refractivity contribution < 1.29 is 0 Å². The third kappa shape index (κ3) is 3.13. The monoisotopic (exact) mass is 184 g/mol. The molecule has 0 saturated heterocycles. The van der Waals surface area contributed by atoms with Gasteiger partial charge in [-0.25, -0.2) is 4.99 Å². The Morgan fingerprint density at radius 2 is 2.25 bits per heavy atom. The SMILES string of the molecule is C=C/C(CC)=C(/N=CC)N(C)S. The lowest BCUT2D eigenvalue weighted by Crippen LogP contribution is -2.05. The number of nitrogens with zero attached hydrogens (tertiary/aromatic N) is 2. The molecule has 0 spiro atoms. The van der Waals surface area contributed by atoms with Gasteiger partial charge in [0.2, 0.25) is 0 Å². The summed E-state index contributed by atoms with van der Waals surface area (Å²) in [7, 11) is 1.85. The maximum atomic E-state index is 4.20. The molecule has 0 aliphatic carbocycles. The Balaban J connectivity index is 4.88. The first-order valence-corrected chi connectivity index (χ1v) is 4.34. The highest BCUT2D eigenvalue weighted by molar-refractivity contribution is 7.77. The summed E-state index contributed by atoms with van der Waals surface area (Å²) >= 11 is 4.19. The third-order valence-electron chi connectivity index (χ3n) is 1.47. The average Bonchev–Trinajstić information content (AvgIpc) is 2.05. The molecule has 0 saturated carbocycles. The molecule has 0 amide bonds. The molecular formula is C9H16N2S. The van der Waals surface area contributed by atoms with Crippen LogP contribution in [0.1, 0.15) is 20.3 Å². The second kappa shape index (κ2) is 5.89. The first-order chi connectivity index (χ1) is 5.67. The van der Waals surface area contributed by atoms with E-state index in [2.05, 4.69) is 31.3 Å². The fraction of sp³-hybridized carbons (Fsp3) is 0.444. The van der Waals surface area contributed by atoms with Crippen molar-refractivity contribution in [3.63, 3.8) is 0 Å². The first-order valence-electron chi connectivity index (χ1n) is 3.94. The van der Waals surface area contributed by atoms with Gasteiger partial charge in [-0.1, -0.05) is 32.4 Å². The molecule has 0 aromatic carbocycles. The van der Waals surface area contributed by atoms with Gasteiger partial charge in [0.05, 0.1) is 0 Å². The van der Waals surface area contributed by atoms with E-state index >= 15 is 0 Å². The molecule has 0 aromatic rings. The Hall–Kier alpha value is -0.700. The molecule has 0 N–H and O–H groups in total. The highest BCUT2D eigenvalue weighted by Crippen LogP contribution is 2.15. The van der Waals surface area contributed by atoms with E-state index in [0.29, 0.717) is 0 Å². The molecule has 68 valence electrons. The minimum atomic E-state index is 0.860. The zero-order chi connectivity index (χ0) is 9.56. The summed E-state index contributed by atoms with van der Waals surface area (Å²) in [5.41, 5.74) is 1.10. The maximum absolute atomic E-state index is 4.20. The molecule has 0 rings (SSSR count). The van der Waals surface area contributed by atoms with E-state index in [1.54, 1.807) is 10.5 Å². The summed E-state index contributed by atoms with van der Waals surface area (Å²) in [6.45, 7) is 7.68. The smallest absolute Gasteiger partial charge is 0.140 e. The fourth-order valence-corrected chi connectivity index (χ4v) is 1.07. The maximum Gasteiger partial charge on any atom is 0.140 e. The summed E-state index contributed by atoms with van der Waals surface area (Å²) in [5, 5.41) is 0. The average molecular weight is 184 g/mol. The van der Waals surface area contributed by atoms with Gasteiger partial charge in [-0.2, -0.15) is 0 Å². The number of allylic oxidation sites excluding steroid dienone is 2. The van der Waals surface area contributed by atoms with E-state index in [1.165, 1.54) is 0 Å². The van der Waals surface area contributed by atoms with Gasteiger partial charge < -0.3 is 4.31 Å². The van der Waals surface area contributed by atoms with Crippen LogP contribution in [-0.2, 0) is 0 Å². The van der Waals surface area contributed by atoms with Crippen LogP contribution in [0.2, 0.25) is 0 Å². The molecule has 0 fully saturated rings. The third-order valence-corrected chi connectivity index (χ3v) is 1.66. The molecule has 3 heteroatoms. The summed E-state index contributed by atoms with van der Waals surface area (Å²) in [4.78, 5) is 4.20. The van der Waals surface area contributed by atoms with Gasteiger partial charge in [-0.3, -0.25) is 0 Å². The Bertz CT molecular complexity index is 205. The molecule has 0 bridgehead atoms. The Morgan fingerprint density at radius 3 is 2.50 bits per heavy atom. The standard InChI is InChI=1S/C9H16N2S/c1-5-8(6-2)9(10-7-3)11(4)12/h5,7,12H,1,6H2,2-4H3/b9-8+,10-7?. The van der Waals surface area contributed by atoms with Crippen LogP contribution in [0.15, 0.2) is 29.0 Å². The van der Waals surface area contributed by atoms with E-state index in [0.717, 1.165) is 17.8 Å². The summed E-state index contributed by atoms with van der Waals surface area (Å²) < 4.78 is 1.69. The Morgan fingerprint density at radius 1 is 1.67 bits per heavy atom. The Labute approximate surface area is 80.2 Å². The van der Waals surface area contributed by atoms with Crippen LogP contribution in [0.3, 0.4) is 0 Å². The quantitative estimate of drug-likeness (QED) is 0.403. The molecule has 0 unspecified atom stereocenters. The van der Waals surface area contributed by atoms with Crippen LogP contribution in [0.5, 0.6) is 0 Å². The van der Waals surface area contributed by atoms with Crippen molar-refractivity contribution in [2.24, 2.45) is 4.99 Å². The van der Waals surface area contributed by atoms with Crippen LogP contribution in [0.4, 0.5) is 0 Å². The van der Waals surface area contributed by atoms with E-state index in [9.17, 15) is 0 Å². The lowest BCUT2D eigenvalue weighted by molar-refractivity contribution is 0.686. The highest BCUT2D eigenvalue weighted by Gasteiger charge is 2.02. The summed E-state index contributed by atoms with van der Waals surface area (Å²) in [6, 6.07) is 0. The summed E-state index contributed by atoms with van der Waals surface area (Å²) in [5.74, 6) is 0.860. The Kier molecular flexibility index (Phi) is 5.54. The minimum absolute atomic E-state index is 0.860. The predicted molar refractivity (Wildman–Crippen MR) is 58.4 cm³/mol.